The molecule has 3 amide bonds. The molecule has 0 unspecified atom stereocenters. The van der Waals surface area contributed by atoms with E-state index in [4.69, 9.17) is 21.1 Å². The molecule has 5 rings (SSSR count). The number of amides is 3. The standard InChI is InChI=1S/C34H30ClF5N8O7/c1-53-28(52)24(16-41-26(50)27(51)42-21-10-12-23(13-11-21)55-29(36)37)44-25(49)18-2-8-22(9-3-18)43-30-45-31(47-32(46-30)54-17-34(38,39)40)48-33(14-15-33)19-4-6-20(35)7-5-19/h2-13,24,29H,14-17H2,1H3,(H,41,50)(H,42,51)(H,44,49)(H2,43,45,46,47,48)/t24-/m0/s1. The van der Waals surface area contributed by atoms with Crippen molar-refractivity contribution in [3.63, 3.8) is 0 Å². The highest BCUT2D eigenvalue weighted by Gasteiger charge is 2.45. The minimum absolute atomic E-state index is 0.0358. The van der Waals surface area contributed by atoms with E-state index < -0.39 is 67.2 Å². The molecule has 1 fully saturated rings. The normalized spacial score (nSPS) is 13.5. The number of rotatable bonds is 15. The van der Waals surface area contributed by atoms with E-state index in [1.807, 2.05) is 12.1 Å². The van der Waals surface area contributed by atoms with E-state index in [0.29, 0.717) is 23.6 Å². The molecular formula is C34H30ClF5N8O7. The van der Waals surface area contributed by atoms with E-state index in [9.17, 15) is 41.1 Å². The summed E-state index contributed by atoms with van der Waals surface area (Å²) in [6.45, 7) is -5.25. The van der Waals surface area contributed by atoms with Crippen LogP contribution in [0.2, 0.25) is 5.02 Å². The number of nitrogens with zero attached hydrogens (tertiary/aromatic N) is 3. The molecule has 21 heteroatoms. The molecule has 0 bridgehead atoms. The van der Waals surface area contributed by atoms with Gasteiger partial charge in [-0.25, -0.2) is 4.79 Å². The first kappa shape index (κ1) is 39.9. The Morgan fingerprint density at radius 3 is 2.09 bits per heavy atom. The van der Waals surface area contributed by atoms with Gasteiger partial charge in [-0.1, -0.05) is 23.7 Å². The van der Waals surface area contributed by atoms with Crippen LogP contribution in [-0.2, 0) is 24.7 Å². The fourth-order valence-corrected chi connectivity index (χ4v) is 4.99. The molecule has 290 valence electrons. The van der Waals surface area contributed by atoms with Gasteiger partial charge in [-0.05, 0) is 79.1 Å². The van der Waals surface area contributed by atoms with Crippen LogP contribution < -0.4 is 36.1 Å². The van der Waals surface area contributed by atoms with Crippen LogP contribution in [0.25, 0.3) is 0 Å². The van der Waals surface area contributed by atoms with Crippen molar-refractivity contribution in [1.82, 2.24) is 25.6 Å². The summed E-state index contributed by atoms with van der Waals surface area (Å²) in [7, 11) is 1.04. The predicted octanol–water partition coefficient (Wildman–Crippen LogP) is 4.94. The van der Waals surface area contributed by atoms with Crippen LogP contribution in [0.4, 0.5) is 45.2 Å². The molecule has 4 aromatic rings. The zero-order chi connectivity index (χ0) is 39.8. The lowest BCUT2D eigenvalue weighted by Gasteiger charge is -2.19. The van der Waals surface area contributed by atoms with Crippen LogP contribution in [0.3, 0.4) is 0 Å². The number of hydrogen-bond acceptors (Lipinski definition) is 12. The van der Waals surface area contributed by atoms with Crippen molar-refractivity contribution >= 4 is 58.6 Å². The van der Waals surface area contributed by atoms with E-state index in [0.717, 1.165) is 24.8 Å². The van der Waals surface area contributed by atoms with Gasteiger partial charge in [-0.2, -0.15) is 36.9 Å². The smallest absolute Gasteiger partial charge is 0.422 e. The lowest BCUT2D eigenvalue weighted by Crippen LogP contribution is -2.50. The zero-order valence-electron chi connectivity index (χ0n) is 28.4. The van der Waals surface area contributed by atoms with Gasteiger partial charge in [0.15, 0.2) is 6.61 Å². The quantitative estimate of drug-likeness (QED) is 0.0620. The maximum absolute atomic E-state index is 13.0. The summed E-state index contributed by atoms with van der Waals surface area (Å²) < 4.78 is 77.2. The monoisotopic (exact) mass is 792 g/mol. The molecule has 0 aliphatic heterocycles. The number of anilines is 4. The Bertz CT molecular complexity index is 2000. The van der Waals surface area contributed by atoms with E-state index in [1.165, 1.54) is 36.4 Å². The van der Waals surface area contributed by atoms with Gasteiger partial charge >= 0.3 is 36.6 Å². The van der Waals surface area contributed by atoms with Crippen LogP contribution >= 0.6 is 11.6 Å². The van der Waals surface area contributed by atoms with Gasteiger partial charge in [-0.3, -0.25) is 14.4 Å². The molecular weight excluding hydrogens is 763 g/mol. The molecule has 15 nitrogen and oxygen atoms in total. The van der Waals surface area contributed by atoms with Crippen molar-refractivity contribution in [2.24, 2.45) is 0 Å². The highest BCUT2D eigenvalue weighted by atomic mass is 35.5. The van der Waals surface area contributed by atoms with Gasteiger partial charge in [0, 0.05) is 28.5 Å². The number of benzene rings is 3. The summed E-state index contributed by atoms with van der Waals surface area (Å²) in [5.41, 5.74) is 0.705. The lowest BCUT2D eigenvalue weighted by molar-refractivity contribution is -0.154. The highest BCUT2D eigenvalue weighted by molar-refractivity contribution is 6.39. The van der Waals surface area contributed by atoms with Crippen molar-refractivity contribution in [1.29, 1.82) is 0 Å². The molecule has 1 aliphatic carbocycles. The fraction of sp³-hybridized carbons (Fsp3) is 0.265. The Kier molecular flexibility index (Phi) is 12.5. The number of nitrogens with one attached hydrogen (secondary N) is 5. The second-order valence-electron chi connectivity index (χ2n) is 11.7. The Morgan fingerprint density at radius 2 is 1.49 bits per heavy atom. The topological polar surface area (TPSA) is 195 Å². The van der Waals surface area contributed by atoms with E-state index in [-0.39, 0.29) is 28.9 Å². The number of aromatic nitrogens is 3. The minimum Gasteiger partial charge on any atom is -0.467 e. The van der Waals surface area contributed by atoms with E-state index >= 15 is 0 Å². The number of carbonyl (C=O) groups is 4. The maximum Gasteiger partial charge on any atom is 0.422 e. The summed E-state index contributed by atoms with van der Waals surface area (Å²) in [5.74, 6) is -4.49. The zero-order valence-corrected chi connectivity index (χ0v) is 29.1. The maximum atomic E-state index is 13.0. The molecule has 55 heavy (non-hydrogen) atoms. The number of ether oxygens (including phenoxy) is 3. The number of alkyl halides is 5. The molecule has 0 saturated heterocycles. The third kappa shape index (κ3) is 11.6. The van der Waals surface area contributed by atoms with Crippen LogP contribution in [0.1, 0.15) is 28.8 Å². The first-order chi connectivity index (χ1) is 26.1. The van der Waals surface area contributed by atoms with Crippen molar-refractivity contribution in [3.8, 4) is 11.8 Å². The number of carbonyl (C=O) groups excluding carboxylic acids is 4. The Balaban J connectivity index is 1.21. The lowest BCUT2D eigenvalue weighted by atomic mass is 10.1. The van der Waals surface area contributed by atoms with Crippen LogP contribution in [-0.4, -0.2) is 77.7 Å². The fourth-order valence-electron chi connectivity index (χ4n) is 4.87. The molecule has 1 aliphatic rings. The Labute approximate surface area is 313 Å². The first-order valence-corrected chi connectivity index (χ1v) is 16.4. The molecule has 5 N–H and O–H groups in total. The minimum atomic E-state index is -4.66. The van der Waals surface area contributed by atoms with Crippen molar-refractivity contribution in [2.75, 3.05) is 36.2 Å². The van der Waals surface area contributed by atoms with Gasteiger partial charge in [0.25, 0.3) is 5.91 Å². The molecule has 1 heterocycles. The molecule has 0 radical (unpaired) electrons. The summed E-state index contributed by atoms with van der Waals surface area (Å²) in [6.07, 6.45) is -3.29. The molecule has 3 aromatic carbocycles. The average molecular weight is 793 g/mol. The highest BCUT2D eigenvalue weighted by Crippen LogP contribution is 2.48. The largest absolute Gasteiger partial charge is 0.467 e. The van der Waals surface area contributed by atoms with Gasteiger partial charge in [0.1, 0.15) is 11.8 Å². The summed E-state index contributed by atoms with van der Waals surface area (Å²) in [6, 6.07) is 15.3. The second-order valence-corrected chi connectivity index (χ2v) is 12.1. The van der Waals surface area contributed by atoms with Crippen molar-refractivity contribution in [2.45, 2.75) is 37.2 Å². The van der Waals surface area contributed by atoms with Crippen molar-refractivity contribution in [3.05, 3.63) is 88.9 Å². The molecule has 1 saturated carbocycles. The van der Waals surface area contributed by atoms with Crippen molar-refractivity contribution < 1.29 is 55.3 Å². The summed E-state index contributed by atoms with van der Waals surface area (Å²) in [5, 5.41) is 13.4. The Hall–Kier alpha value is -6.31. The predicted molar refractivity (Wildman–Crippen MR) is 185 cm³/mol. The van der Waals surface area contributed by atoms with Crippen LogP contribution in [0, 0.1) is 0 Å². The van der Waals surface area contributed by atoms with Crippen LogP contribution in [0.5, 0.6) is 11.8 Å². The van der Waals surface area contributed by atoms with Gasteiger partial charge in [0.05, 0.1) is 12.6 Å². The summed E-state index contributed by atoms with van der Waals surface area (Å²) in [4.78, 5) is 62.4. The molecule has 1 aromatic heterocycles. The van der Waals surface area contributed by atoms with Crippen LogP contribution in [0.15, 0.2) is 72.8 Å². The second kappa shape index (κ2) is 17.2. The van der Waals surface area contributed by atoms with E-state index in [1.54, 1.807) is 12.1 Å². The van der Waals surface area contributed by atoms with Gasteiger partial charge in [-0.15, -0.1) is 0 Å². The molecule has 1 atom stereocenters. The average Bonchev–Trinajstić information content (AvgIpc) is 3.92. The first-order valence-electron chi connectivity index (χ1n) is 16.0. The summed E-state index contributed by atoms with van der Waals surface area (Å²) >= 11 is 6.01. The number of halogens is 6. The third-order valence-corrected chi connectivity index (χ3v) is 7.93. The number of hydrogen-bond donors (Lipinski definition) is 5. The third-order valence-electron chi connectivity index (χ3n) is 7.68. The molecule has 0 spiro atoms. The Morgan fingerprint density at radius 1 is 0.855 bits per heavy atom. The van der Waals surface area contributed by atoms with E-state index in [2.05, 4.69) is 46.3 Å². The van der Waals surface area contributed by atoms with Gasteiger partial charge < -0.3 is 40.8 Å². The number of esters is 1. The van der Waals surface area contributed by atoms with Gasteiger partial charge in [0.2, 0.25) is 11.9 Å². The number of methoxy groups -OCH3 is 1. The SMILES string of the molecule is COC(=O)[C@H](CNC(=O)C(=O)Nc1ccc(OC(F)F)cc1)NC(=O)c1ccc(Nc2nc(NC3(c4ccc(Cl)cc4)CC3)nc(OCC(F)(F)F)n2)cc1.